The summed E-state index contributed by atoms with van der Waals surface area (Å²) in [5.41, 5.74) is 21.2. The highest BCUT2D eigenvalue weighted by Gasteiger charge is 2.20. The van der Waals surface area contributed by atoms with E-state index in [1.165, 1.54) is 22.3 Å². The number of hydrogen-bond acceptors (Lipinski definition) is 4. The number of rotatable bonds is 4. The Balaban J connectivity index is 0.00000304. The molecule has 0 radical (unpaired) electrons. The Morgan fingerprint density at radius 1 is 0.639 bits per heavy atom. The molecule has 0 atom stereocenters. The van der Waals surface area contributed by atoms with Crippen molar-refractivity contribution in [2.45, 2.75) is 46.0 Å². The van der Waals surface area contributed by atoms with E-state index in [9.17, 15) is 0 Å². The van der Waals surface area contributed by atoms with Crippen LogP contribution in [0.15, 0.2) is 56.8 Å². The van der Waals surface area contributed by atoms with Gasteiger partial charge >= 0.3 is 0 Å². The van der Waals surface area contributed by atoms with Gasteiger partial charge in [0.1, 0.15) is 0 Å². The van der Waals surface area contributed by atoms with Gasteiger partial charge in [-0.25, -0.2) is 0 Å². The number of nitrogens with zero attached hydrogens (tertiary/aromatic N) is 6. The molecular weight excluding hydrogens is 472 g/mol. The van der Waals surface area contributed by atoms with Crippen LogP contribution in [0.2, 0.25) is 0 Å². The normalized spacial score (nSPS) is 18.4. The molecule has 190 valence electrons. The lowest BCUT2D eigenvalue weighted by Gasteiger charge is -2.14. The first-order valence-corrected chi connectivity index (χ1v) is 12.5. The molecule has 3 aliphatic rings. The molecule has 2 saturated heterocycles. The van der Waals surface area contributed by atoms with Gasteiger partial charge in [-0.2, -0.15) is 10.2 Å². The maximum absolute atomic E-state index is 6.10. The van der Waals surface area contributed by atoms with Crippen molar-refractivity contribution in [3.8, 4) is 11.1 Å². The fraction of sp³-hybridized carbons (Fsp3) is 0.407. The fourth-order valence-electron chi connectivity index (χ4n) is 5.05. The van der Waals surface area contributed by atoms with Gasteiger partial charge in [-0.15, -0.1) is 22.6 Å². The lowest BCUT2D eigenvalue weighted by Crippen LogP contribution is -2.34. The van der Waals surface area contributed by atoms with Gasteiger partial charge in [-0.3, -0.25) is 0 Å². The molecule has 1 aliphatic carbocycles. The number of fused-ring (bicyclic) bond motifs is 3. The van der Waals surface area contributed by atoms with Crippen LogP contribution in [0.5, 0.6) is 0 Å². The Morgan fingerprint density at radius 3 is 1.42 bits per heavy atom. The molecule has 0 saturated carbocycles. The molecule has 0 unspecified atom stereocenters. The number of halogens is 1. The first-order valence-electron chi connectivity index (χ1n) is 12.5. The smallest absolute Gasteiger partial charge is 0.216 e. The maximum Gasteiger partial charge on any atom is 0.216 e. The molecule has 2 aromatic carbocycles. The Labute approximate surface area is 219 Å². The Hall–Kier alpha value is -3.39. The molecular formula is C27H35ClN8. The first-order chi connectivity index (χ1) is 17.0. The van der Waals surface area contributed by atoms with Crippen LogP contribution in [-0.4, -0.2) is 59.3 Å². The summed E-state index contributed by atoms with van der Waals surface area (Å²) in [5, 5.41) is 17.4. The highest BCUT2D eigenvalue weighted by atomic mass is 35.5. The van der Waals surface area contributed by atoms with Gasteiger partial charge in [0, 0.05) is 26.2 Å². The van der Waals surface area contributed by atoms with Crippen molar-refractivity contribution >= 4 is 35.7 Å². The highest BCUT2D eigenvalue weighted by molar-refractivity contribution is 6.01. The Morgan fingerprint density at radius 2 is 1.03 bits per heavy atom. The summed E-state index contributed by atoms with van der Waals surface area (Å²) >= 11 is 0. The molecule has 2 aromatic rings. The second kappa shape index (κ2) is 11.1. The molecule has 9 heteroatoms. The van der Waals surface area contributed by atoms with E-state index in [2.05, 4.69) is 66.6 Å². The average molecular weight is 507 g/mol. The summed E-state index contributed by atoms with van der Waals surface area (Å²) in [6.07, 6.45) is 5.54. The summed E-state index contributed by atoms with van der Waals surface area (Å²) in [5.74, 6) is 1.01. The number of hydrogen-bond donors (Lipinski definition) is 2. The van der Waals surface area contributed by atoms with Crippen LogP contribution >= 0.6 is 12.4 Å². The van der Waals surface area contributed by atoms with Gasteiger partial charge in [0.15, 0.2) is 0 Å². The van der Waals surface area contributed by atoms with E-state index in [-0.39, 0.29) is 12.4 Å². The van der Waals surface area contributed by atoms with Crippen LogP contribution in [0.4, 0.5) is 0 Å². The second-order valence-corrected chi connectivity index (χ2v) is 9.60. The minimum atomic E-state index is 0. The van der Waals surface area contributed by atoms with Gasteiger partial charge in [-0.1, -0.05) is 24.3 Å². The predicted octanol–water partition coefficient (Wildman–Crippen LogP) is 3.95. The SMILES string of the molecule is C/C(=N\N=C(/N)N1CCCC1)c1ccc2c(c1)Cc1cc(/C(C)=N/N=C(\N)N3CCCC3)ccc1-2.Cl. The average Bonchev–Trinajstić information content (AvgIpc) is 3.65. The van der Waals surface area contributed by atoms with Gasteiger partial charge in [0.2, 0.25) is 11.9 Å². The summed E-state index contributed by atoms with van der Waals surface area (Å²) in [6.45, 7) is 7.82. The van der Waals surface area contributed by atoms with Crippen molar-refractivity contribution in [2.24, 2.45) is 31.9 Å². The lowest BCUT2D eigenvalue weighted by atomic mass is 10.0. The molecule has 2 heterocycles. The second-order valence-electron chi connectivity index (χ2n) is 9.60. The molecule has 0 aromatic heterocycles. The van der Waals surface area contributed by atoms with Crippen molar-refractivity contribution in [3.05, 3.63) is 58.7 Å². The van der Waals surface area contributed by atoms with Crippen LogP contribution in [-0.2, 0) is 6.42 Å². The van der Waals surface area contributed by atoms with Gasteiger partial charge < -0.3 is 21.3 Å². The number of nitrogens with two attached hydrogens (primary N) is 2. The molecule has 36 heavy (non-hydrogen) atoms. The van der Waals surface area contributed by atoms with Crippen molar-refractivity contribution in [1.82, 2.24) is 9.80 Å². The van der Waals surface area contributed by atoms with E-state index < -0.39 is 0 Å². The van der Waals surface area contributed by atoms with Crippen LogP contribution < -0.4 is 11.5 Å². The molecule has 2 fully saturated rings. The largest absolute Gasteiger partial charge is 0.368 e. The standard InChI is InChI=1S/C27H34N8.ClH/c1-18(30-32-26(28)34-11-3-4-12-34)20-7-9-24-22(15-20)17-23-16-21(8-10-25(23)24)19(2)31-33-27(29)35-13-5-6-14-35;/h7-10,15-16H,3-6,11-14,17H2,1-2H3,(H2,28,32)(H2,29,33);1H/b30-18+,31-19+;. The van der Waals surface area contributed by atoms with Crippen LogP contribution in [0.3, 0.4) is 0 Å². The molecule has 5 rings (SSSR count). The van der Waals surface area contributed by atoms with Crippen molar-refractivity contribution < 1.29 is 0 Å². The Bertz CT molecular complexity index is 1140. The zero-order valence-electron chi connectivity index (χ0n) is 21.1. The van der Waals surface area contributed by atoms with Crippen molar-refractivity contribution in [3.63, 3.8) is 0 Å². The van der Waals surface area contributed by atoms with Crippen LogP contribution in [0, 0.1) is 0 Å². The molecule has 2 aliphatic heterocycles. The fourth-order valence-corrected chi connectivity index (χ4v) is 5.05. The van der Waals surface area contributed by atoms with Crippen molar-refractivity contribution in [1.29, 1.82) is 0 Å². The van der Waals surface area contributed by atoms with Crippen LogP contribution in [0.1, 0.15) is 61.8 Å². The number of likely N-dealkylation sites (tertiary alicyclic amines) is 2. The summed E-state index contributed by atoms with van der Waals surface area (Å²) in [6, 6.07) is 13.0. The van der Waals surface area contributed by atoms with Gasteiger partial charge in [0.25, 0.3) is 0 Å². The highest BCUT2D eigenvalue weighted by Crippen LogP contribution is 2.37. The van der Waals surface area contributed by atoms with E-state index in [1.54, 1.807) is 0 Å². The van der Waals surface area contributed by atoms with Crippen LogP contribution in [0.25, 0.3) is 11.1 Å². The molecule has 0 amide bonds. The quantitative estimate of drug-likeness (QED) is 0.317. The van der Waals surface area contributed by atoms with Gasteiger partial charge in [-0.05, 0) is 91.5 Å². The Kier molecular flexibility index (Phi) is 7.94. The minimum Gasteiger partial charge on any atom is -0.368 e. The molecule has 8 nitrogen and oxygen atoms in total. The zero-order valence-corrected chi connectivity index (χ0v) is 21.9. The monoisotopic (exact) mass is 506 g/mol. The van der Waals surface area contributed by atoms with E-state index in [1.807, 2.05) is 13.8 Å². The first kappa shape index (κ1) is 25.7. The van der Waals surface area contributed by atoms with E-state index in [0.717, 1.165) is 80.8 Å². The van der Waals surface area contributed by atoms with Crippen molar-refractivity contribution in [2.75, 3.05) is 26.2 Å². The van der Waals surface area contributed by atoms with E-state index in [0.29, 0.717) is 11.9 Å². The third-order valence-corrected chi connectivity index (χ3v) is 7.18. The summed E-state index contributed by atoms with van der Waals surface area (Å²) in [4.78, 5) is 4.18. The third-order valence-electron chi connectivity index (χ3n) is 7.18. The maximum atomic E-state index is 6.10. The van der Waals surface area contributed by atoms with E-state index >= 15 is 0 Å². The third kappa shape index (κ3) is 5.38. The minimum absolute atomic E-state index is 0. The number of benzene rings is 2. The lowest BCUT2D eigenvalue weighted by molar-refractivity contribution is 0.511. The zero-order chi connectivity index (χ0) is 24.4. The predicted molar refractivity (Wildman–Crippen MR) is 151 cm³/mol. The molecule has 4 N–H and O–H groups in total. The van der Waals surface area contributed by atoms with Gasteiger partial charge in [0.05, 0.1) is 11.4 Å². The van der Waals surface area contributed by atoms with E-state index in [4.69, 9.17) is 11.5 Å². The summed E-state index contributed by atoms with van der Waals surface area (Å²) < 4.78 is 0. The number of guanidine groups is 2. The molecule has 0 spiro atoms. The molecule has 0 bridgehead atoms. The topological polar surface area (TPSA) is 108 Å². The summed E-state index contributed by atoms with van der Waals surface area (Å²) in [7, 11) is 0.